The van der Waals surface area contributed by atoms with Gasteiger partial charge in [0.15, 0.2) is 18.9 Å². The molecular formula is C33H54O9. The molecule has 3 atom stereocenters. The average molecular weight is 595 g/mol. The molecule has 0 bridgehead atoms. The van der Waals surface area contributed by atoms with E-state index >= 15 is 0 Å². The lowest BCUT2D eigenvalue weighted by atomic mass is 10.0. The van der Waals surface area contributed by atoms with Crippen molar-refractivity contribution in [3.63, 3.8) is 0 Å². The molecule has 0 spiro atoms. The molecule has 3 heterocycles. The molecule has 0 aromatic heterocycles. The Morgan fingerprint density at radius 2 is 0.762 bits per heavy atom. The monoisotopic (exact) mass is 594 g/mol. The number of ether oxygens (including phenoxy) is 9. The molecule has 4 rings (SSSR count). The molecule has 9 nitrogen and oxygen atoms in total. The molecule has 3 saturated heterocycles. The molecule has 1 aromatic carbocycles. The molecule has 0 saturated carbocycles. The van der Waals surface area contributed by atoms with Crippen molar-refractivity contribution >= 4 is 0 Å². The molecule has 0 radical (unpaired) electrons. The molecule has 0 amide bonds. The minimum Gasteiger partial charge on any atom is -0.379 e. The van der Waals surface area contributed by atoms with Gasteiger partial charge in [-0.05, 0) is 93.7 Å². The van der Waals surface area contributed by atoms with Gasteiger partial charge < -0.3 is 42.6 Å². The highest BCUT2D eigenvalue weighted by atomic mass is 16.7. The molecule has 9 heteroatoms. The Kier molecular flexibility index (Phi) is 17.3. The minimum atomic E-state index is -0.0645. The summed E-state index contributed by atoms with van der Waals surface area (Å²) in [5.41, 5.74) is 3.82. The maximum absolute atomic E-state index is 5.88. The second kappa shape index (κ2) is 21.5. The Labute approximate surface area is 252 Å². The van der Waals surface area contributed by atoms with Gasteiger partial charge in [0.25, 0.3) is 0 Å². The largest absolute Gasteiger partial charge is 0.379 e. The third-order valence-corrected chi connectivity index (χ3v) is 7.73. The predicted octanol–water partition coefficient (Wildman–Crippen LogP) is 4.99. The van der Waals surface area contributed by atoms with Gasteiger partial charge in [-0.2, -0.15) is 0 Å². The highest BCUT2D eigenvalue weighted by Crippen LogP contribution is 2.16. The van der Waals surface area contributed by atoms with Crippen LogP contribution in [-0.4, -0.2) is 98.2 Å². The lowest BCUT2D eigenvalue weighted by Gasteiger charge is -2.22. The zero-order valence-corrected chi connectivity index (χ0v) is 25.6. The van der Waals surface area contributed by atoms with Crippen LogP contribution in [-0.2, 0) is 61.9 Å². The van der Waals surface area contributed by atoms with Crippen LogP contribution in [0.3, 0.4) is 0 Å². The molecule has 0 N–H and O–H groups in total. The van der Waals surface area contributed by atoms with E-state index in [0.717, 1.165) is 77.6 Å². The quantitative estimate of drug-likeness (QED) is 0.183. The van der Waals surface area contributed by atoms with E-state index in [2.05, 4.69) is 18.2 Å². The van der Waals surface area contributed by atoms with Gasteiger partial charge in [-0.15, -0.1) is 0 Å². The van der Waals surface area contributed by atoms with Crippen LogP contribution in [0.15, 0.2) is 18.2 Å². The minimum absolute atomic E-state index is 0.0645. The van der Waals surface area contributed by atoms with E-state index in [4.69, 9.17) is 42.6 Å². The van der Waals surface area contributed by atoms with E-state index < -0.39 is 0 Å². The first-order valence-corrected chi connectivity index (χ1v) is 16.4. The van der Waals surface area contributed by atoms with Crippen molar-refractivity contribution in [3.8, 4) is 0 Å². The second-order valence-corrected chi connectivity index (χ2v) is 11.2. The van der Waals surface area contributed by atoms with Gasteiger partial charge >= 0.3 is 0 Å². The molecule has 1 aromatic rings. The van der Waals surface area contributed by atoms with Crippen LogP contribution in [0.25, 0.3) is 0 Å². The van der Waals surface area contributed by atoms with Crippen molar-refractivity contribution in [3.05, 3.63) is 34.9 Å². The van der Waals surface area contributed by atoms with Gasteiger partial charge in [-0.1, -0.05) is 18.2 Å². The SMILES string of the molecule is c1c(CCOCCOC2CCCCO2)cc(CCOCCOC2CCCCO2)cc1CCOCCOC1CCCCO1. The molecule has 3 aliphatic rings. The highest BCUT2D eigenvalue weighted by Gasteiger charge is 2.15. The first-order chi connectivity index (χ1) is 20.8. The van der Waals surface area contributed by atoms with Gasteiger partial charge in [0.1, 0.15) is 0 Å². The highest BCUT2D eigenvalue weighted by molar-refractivity contribution is 5.31. The first-order valence-electron chi connectivity index (χ1n) is 16.4. The van der Waals surface area contributed by atoms with E-state index in [1.54, 1.807) is 0 Å². The Bertz CT molecular complexity index is 688. The summed E-state index contributed by atoms with van der Waals surface area (Å²) in [6.07, 6.45) is 12.2. The lowest BCUT2D eigenvalue weighted by Crippen LogP contribution is -2.24. The van der Waals surface area contributed by atoms with Gasteiger partial charge in [0, 0.05) is 19.8 Å². The fraction of sp³-hybridized carbons (Fsp3) is 0.818. The third kappa shape index (κ3) is 14.6. The van der Waals surface area contributed by atoms with Crippen molar-refractivity contribution in [2.45, 2.75) is 95.9 Å². The Morgan fingerprint density at radius 1 is 0.429 bits per heavy atom. The number of hydrogen-bond donors (Lipinski definition) is 0. The third-order valence-electron chi connectivity index (χ3n) is 7.73. The molecule has 3 unspecified atom stereocenters. The Balaban J connectivity index is 1.14. The first kappa shape index (κ1) is 33.7. The van der Waals surface area contributed by atoms with Crippen molar-refractivity contribution in [1.29, 1.82) is 0 Å². The Morgan fingerprint density at radius 3 is 1.05 bits per heavy atom. The number of rotatable bonds is 21. The molecule has 3 aliphatic heterocycles. The molecule has 0 aliphatic carbocycles. The summed E-state index contributed by atoms with van der Waals surface area (Å²) in [5, 5.41) is 0. The average Bonchev–Trinajstić information content (AvgIpc) is 3.04. The Hall–Kier alpha value is -1.14. The molecular weight excluding hydrogens is 540 g/mol. The van der Waals surface area contributed by atoms with Crippen molar-refractivity contribution in [2.24, 2.45) is 0 Å². The normalized spacial score (nSPS) is 23.3. The summed E-state index contributed by atoms with van der Waals surface area (Å²) < 4.78 is 51.8. The van der Waals surface area contributed by atoms with Crippen LogP contribution in [0, 0.1) is 0 Å². The predicted molar refractivity (Wildman–Crippen MR) is 159 cm³/mol. The van der Waals surface area contributed by atoms with E-state index in [-0.39, 0.29) is 18.9 Å². The van der Waals surface area contributed by atoms with Crippen LogP contribution in [0.1, 0.15) is 74.5 Å². The molecule has 42 heavy (non-hydrogen) atoms. The number of benzene rings is 1. The van der Waals surface area contributed by atoms with Gasteiger partial charge in [-0.25, -0.2) is 0 Å². The van der Waals surface area contributed by atoms with E-state index in [9.17, 15) is 0 Å². The van der Waals surface area contributed by atoms with Crippen molar-refractivity contribution in [2.75, 3.05) is 79.3 Å². The summed E-state index contributed by atoms with van der Waals surface area (Å²) in [6, 6.07) is 6.81. The van der Waals surface area contributed by atoms with Crippen LogP contribution in [0.5, 0.6) is 0 Å². The van der Waals surface area contributed by atoms with Crippen LogP contribution >= 0.6 is 0 Å². The smallest absolute Gasteiger partial charge is 0.157 e. The summed E-state index contributed by atoms with van der Waals surface area (Å²) in [4.78, 5) is 0. The van der Waals surface area contributed by atoms with Crippen LogP contribution in [0.2, 0.25) is 0 Å². The topological polar surface area (TPSA) is 83.1 Å². The van der Waals surface area contributed by atoms with Crippen LogP contribution in [0.4, 0.5) is 0 Å². The summed E-state index contributed by atoms with van der Waals surface area (Å²) in [6.45, 7) is 7.81. The zero-order valence-electron chi connectivity index (χ0n) is 25.6. The van der Waals surface area contributed by atoms with E-state index in [1.165, 1.54) is 36.0 Å². The van der Waals surface area contributed by atoms with Crippen LogP contribution < -0.4 is 0 Å². The fourth-order valence-electron chi connectivity index (χ4n) is 5.39. The maximum Gasteiger partial charge on any atom is 0.157 e. The van der Waals surface area contributed by atoms with Crippen molar-refractivity contribution in [1.82, 2.24) is 0 Å². The van der Waals surface area contributed by atoms with E-state index in [0.29, 0.717) is 59.5 Å². The fourth-order valence-corrected chi connectivity index (χ4v) is 5.39. The summed E-state index contributed by atoms with van der Waals surface area (Å²) >= 11 is 0. The molecule has 240 valence electrons. The van der Waals surface area contributed by atoms with Gasteiger partial charge in [0.05, 0.1) is 59.5 Å². The molecule has 3 fully saturated rings. The second-order valence-electron chi connectivity index (χ2n) is 11.2. The maximum atomic E-state index is 5.88. The van der Waals surface area contributed by atoms with Gasteiger partial charge in [-0.3, -0.25) is 0 Å². The van der Waals surface area contributed by atoms with E-state index in [1.807, 2.05) is 0 Å². The lowest BCUT2D eigenvalue weighted by molar-refractivity contribution is -0.169. The van der Waals surface area contributed by atoms with Crippen molar-refractivity contribution < 1.29 is 42.6 Å². The summed E-state index contributed by atoms with van der Waals surface area (Å²) in [7, 11) is 0. The summed E-state index contributed by atoms with van der Waals surface area (Å²) in [5.74, 6) is 0. The zero-order chi connectivity index (χ0) is 28.9. The standard InChI is InChI=1S/C33H54O9/c1-4-13-37-31(7-1)40-22-19-34-16-10-28-25-29(11-17-35-20-23-41-32-8-2-5-14-38-32)27-30(26-28)12-18-36-21-24-42-33-9-3-6-15-39-33/h25-27,31-33H,1-24H2. The number of hydrogen-bond acceptors (Lipinski definition) is 9. The van der Waals surface area contributed by atoms with Gasteiger partial charge in [0.2, 0.25) is 0 Å².